The molecule has 0 atom stereocenters. The van der Waals surface area contributed by atoms with Crippen LogP contribution < -0.4 is 10.6 Å². The second kappa shape index (κ2) is 8.33. The second-order valence-electron chi connectivity index (χ2n) is 4.65. The summed E-state index contributed by atoms with van der Waals surface area (Å²) in [4.78, 5) is 12.4. The first-order valence-electron chi connectivity index (χ1n) is 7.01. The van der Waals surface area contributed by atoms with Gasteiger partial charge >= 0.3 is 0 Å². The number of rotatable bonds is 6. The molecule has 2 N–H and O–H groups in total. The van der Waals surface area contributed by atoms with Gasteiger partial charge in [0, 0.05) is 32.8 Å². The quantitative estimate of drug-likeness (QED) is 0.474. The third-order valence-electron chi connectivity index (χ3n) is 2.92. The number of pyridine rings is 1. The van der Waals surface area contributed by atoms with E-state index in [0.29, 0.717) is 29.8 Å². The van der Waals surface area contributed by atoms with Crippen molar-refractivity contribution in [3.05, 3.63) is 40.8 Å². The van der Waals surface area contributed by atoms with Crippen LogP contribution in [0.5, 0.6) is 0 Å². The lowest BCUT2D eigenvalue weighted by Gasteiger charge is -2.10. The average molecular weight is 323 g/mol. The van der Waals surface area contributed by atoms with Gasteiger partial charge in [0.2, 0.25) is 5.89 Å². The number of nitrogens with one attached hydrogen (secondary N) is 2. The number of guanidine groups is 1. The molecule has 0 saturated heterocycles. The molecule has 0 fully saturated rings. The van der Waals surface area contributed by atoms with Crippen molar-refractivity contribution < 1.29 is 4.52 Å². The predicted molar refractivity (Wildman–Crippen MR) is 85.1 cm³/mol. The zero-order valence-corrected chi connectivity index (χ0v) is 13.4. The van der Waals surface area contributed by atoms with E-state index in [0.717, 1.165) is 24.5 Å². The van der Waals surface area contributed by atoms with Gasteiger partial charge in [-0.15, -0.1) is 0 Å². The first kappa shape index (κ1) is 16.2. The third kappa shape index (κ3) is 5.33. The lowest BCUT2D eigenvalue weighted by Crippen LogP contribution is -2.39. The standard InChI is InChI=1S/C14H19ClN6O/c1-10-20-13(22-21-10)6-8-18-14(16-2)17-7-5-11-3-4-12(15)19-9-11/h3-4,9H,5-8H2,1-2H3,(H2,16,17,18). The summed E-state index contributed by atoms with van der Waals surface area (Å²) in [5, 5.41) is 10.7. The monoisotopic (exact) mass is 322 g/mol. The molecular weight excluding hydrogens is 304 g/mol. The zero-order chi connectivity index (χ0) is 15.8. The molecule has 0 aliphatic rings. The molecule has 22 heavy (non-hydrogen) atoms. The van der Waals surface area contributed by atoms with Crippen LogP contribution in [0.15, 0.2) is 27.8 Å². The molecule has 2 heterocycles. The molecule has 118 valence electrons. The summed E-state index contributed by atoms with van der Waals surface area (Å²) >= 11 is 5.75. The number of aromatic nitrogens is 3. The van der Waals surface area contributed by atoms with E-state index in [-0.39, 0.29) is 0 Å². The van der Waals surface area contributed by atoms with Crippen LogP contribution in [0, 0.1) is 6.92 Å². The smallest absolute Gasteiger partial charge is 0.228 e. The summed E-state index contributed by atoms with van der Waals surface area (Å²) in [6.45, 7) is 3.22. The van der Waals surface area contributed by atoms with Crippen molar-refractivity contribution >= 4 is 17.6 Å². The van der Waals surface area contributed by atoms with Crippen molar-refractivity contribution in [3.8, 4) is 0 Å². The van der Waals surface area contributed by atoms with Crippen molar-refractivity contribution in [1.29, 1.82) is 0 Å². The summed E-state index contributed by atoms with van der Waals surface area (Å²) < 4.78 is 5.05. The van der Waals surface area contributed by atoms with Gasteiger partial charge in [-0.1, -0.05) is 22.8 Å². The van der Waals surface area contributed by atoms with Crippen molar-refractivity contribution in [1.82, 2.24) is 25.8 Å². The first-order valence-corrected chi connectivity index (χ1v) is 7.39. The molecule has 2 aromatic heterocycles. The minimum atomic E-state index is 0.505. The van der Waals surface area contributed by atoms with Crippen LogP contribution in [0.1, 0.15) is 17.3 Å². The van der Waals surface area contributed by atoms with E-state index >= 15 is 0 Å². The Bertz CT molecular complexity index is 610. The van der Waals surface area contributed by atoms with Crippen LogP contribution >= 0.6 is 11.6 Å². The predicted octanol–water partition coefficient (Wildman–Crippen LogP) is 1.38. The molecule has 0 unspecified atom stereocenters. The van der Waals surface area contributed by atoms with E-state index in [1.165, 1.54) is 0 Å². The van der Waals surface area contributed by atoms with E-state index in [9.17, 15) is 0 Å². The minimum Gasteiger partial charge on any atom is -0.356 e. The Morgan fingerprint density at radius 1 is 1.27 bits per heavy atom. The Morgan fingerprint density at radius 3 is 2.64 bits per heavy atom. The molecule has 0 radical (unpaired) electrons. The van der Waals surface area contributed by atoms with Gasteiger partial charge in [0.1, 0.15) is 5.15 Å². The lowest BCUT2D eigenvalue weighted by molar-refractivity contribution is 0.374. The lowest BCUT2D eigenvalue weighted by atomic mass is 10.2. The Kier molecular flexibility index (Phi) is 6.14. The molecule has 2 rings (SSSR count). The Hall–Kier alpha value is -2.15. The Balaban J connectivity index is 1.67. The number of hydrogen-bond donors (Lipinski definition) is 2. The van der Waals surface area contributed by atoms with E-state index in [1.807, 2.05) is 6.07 Å². The van der Waals surface area contributed by atoms with E-state index < -0.39 is 0 Å². The summed E-state index contributed by atoms with van der Waals surface area (Å²) in [7, 11) is 1.73. The van der Waals surface area contributed by atoms with E-state index in [1.54, 1.807) is 26.2 Å². The molecule has 7 nitrogen and oxygen atoms in total. The molecule has 0 aliphatic heterocycles. The maximum atomic E-state index is 5.75. The summed E-state index contributed by atoms with van der Waals surface area (Å²) in [5.41, 5.74) is 1.12. The summed E-state index contributed by atoms with van der Waals surface area (Å²) in [5.74, 6) is 2.00. The van der Waals surface area contributed by atoms with Crippen LogP contribution in [0.3, 0.4) is 0 Å². The van der Waals surface area contributed by atoms with Crippen LogP contribution in [0.25, 0.3) is 0 Å². The average Bonchev–Trinajstić information content (AvgIpc) is 2.93. The molecule has 0 spiro atoms. The summed E-state index contributed by atoms with van der Waals surface area (Å²) in [6, 6.07) is 3.75. The second-order valence-corrected chi connectivity index (χ2v) is 5.04. The topological polar surface area (TPSA) is 88.2 Å². The van der Waals surface area contributed by atoms with Crippen molar-refractivity contribution in [2.24, 2.45) is 4.99 Å². The largest absolute Gasteiger partial charge is 0.356 e. The van der Waals surface area contributed by atoms with Gasteiger partial charge in [-0.3, -0.25) is 4.99 Å². The molecule has 0 bridgehead atoms. The highest BCUT2D eigenvalue weighted by molar-refractivity contribution is 6.29. The van der Waals surface area contributed by atoms with E-state index in [2.05, 4.69) is 30.8 Å². The molecular formula is C14H19ClN6O. The zero-order valence-electron chi connectivity index (χ0n) is 12.6. The van der Waals surface area contributed by atoms with Crippen LogP contribution in [-0.4, -0.2) is 41.2 Å². The van der Waals surface area contributed by atoms with Gasteiger partial charge in [-0.25, -0.2) is 4.98 Å². The Morgan fingerprint density at radius 2 is 2.05 bits per heavy atom. The molecule has 0 aromatic carbocycles. The van der Waals surface area contributed by atoms with Gasteiger partial charge in [-0.2, -0.15) is 4.98 Å². The van der Waals surface area contributed by atoms with Gasteiger partial charge in [-0.05, 0) is 25.0 Å². The number of halogens is 1. The van der Waals surface area contributed by atoms with Crippen LogP contribution in [-0.2, 0) is 12.8 Å². The maximum Gasteiger partial charge on any atom is 0.228 e. The first-order chi connectivity index (χ1) is 10.7. The van der Waals surface area contributed by atoms with Crippen molar-refractivity contribution in [2.75, 3.05) is 20.1 Å². The van der Waals surface area contributed by atoms with Crippen LogP contribution in [0.2, 0.25) is 5.15 Å². The van der Waals surface area contributed by atoms with Gasteiger partial charge < -0.3 is 15.2 Å². The van der Waals surface area contributed by atoms with Gasteiger partial charge in [0.25, 0.3) is 0 Å². The highest BCUT2D eigenvalue weighted by Gasteiger charge is 2.03. The molecule has 0 saturated carbocycles. The summed E-state index contributed by atoms with van der Waals surface area (Å²) in [6.07, 6.45) is 3.27. The molecule has 0 aliphatic carbocycles. The number of aliphatic imine (C=N–C) groups is 1. The highest BCUT2D eigenvalue weighted by atomic mass is 35.5. The van der Waals surface area contributed by atoms with Crippen molar-refractivity contribution in [2.45, 2.75) is 19.8 Å². The van der Waals surface area contributed by atoms with Crippen molar-refractivity contribution in [3.63, 3.8) is 0 Å². The molecule has 2 aromatic rings. The van der Waals surface area contributed by atoms with Gasteiger partial charge in [0.05, 0.1) is 0 Å². The number of hydrogen-bond acceptors (Lipinski definition) is 5. The minimum absolute atomic E-state index is 0.505. The fraction of sp³-hybridized carbons (Fsp3) is 0.429. The highest BCUT2D eigenvalue weighted by Crippen LogP contribution is 2.05. The fourth-order valence-electron chi connectivity index (χ4n) is 1.83. The SMILES string of the molecule is CN=C(NCCc1ccc(Cl)nc1)NCCc1nc(C)no1. The normalized spacial score (nSPS) is 11.5. The van der Waals surface area contributed by atoms with Gasteiger partial charge in [0.15, 0.2) is 11.8 Å². The fourth-order valence-corrected chi connectivity index (χ4v) is 1.94. The maximum absolute atomic E-state index is 5.75. The van der Waals surface area contributed by atoms with Crippen LogP contribution in [0.4, 0.5) is 0 Å². The third-order valence-corrected chi connectivity index (χ3v) is 3.14. The Labute approximate surface area is 134 Å². The molecule has 0 amide bonds. The molecule has 8 heteroatoms. The van der Waals surface area contributed by atoms with E-state index in [4.69, 9.17) is 16.1 Å². The number of aryl methyl sites for hydroxylation is 1. The number of nitrogens with zero attached hydrogens (tertiary/aromatic N) is 4.